The molecule has 0 saturated carbocycles. The van der Waals surface area contributed by atoms with Crippen molar-refractivity contribution in [2.45, 2.75) is 65.5 Å². The lowest BCUT2D eigenvalue weighted by molar-refractivity contribution is -0.140. The lowest BCUT2D eigenvalue weighted by atomic mass is 9.85. The second kappa shape index (κ2) is 11.5. The smallest absolute Gasteiger partial charge is 0.295 e. The zero-order chi connectivity index (χ0) is 26.6. The van der Waals surface area contributed by atoms with Crippen LogP contribution in [0.4, 0.5) is 0 Å². The molecule has 36 heavy (non-hydrogen) atoms. The average molecular weight is 514 g/mol. The number of amides is 1. The summed E-state index contributed by atoms with van der Waals surface area (Å²) in [6, 6.07) is 12.0. The molecule has 1 atom stereocenters. The second-order valence-corrected chi connectivity index (χ2v) is 10.6. The van der Waals surface area contributed by atoms with Gasteiger partial charge >= 0.3 is 0 Å². The molecule has 1 fully saturated rings. The van der Waals surface area contributed by atoms with E-state index in [9.17, 15) is 14.7 Å². The number of Topliss-reactive ketones (excluding diaryl/α,β-unsaturated/α-hetero) is 1. The summed E-state index contributed by atoms with van der Waals surface area (Å²) in [5.74, 6) is -1.19. The molecule has 0 spiro atoms. The molecule has 0 bridgehead atoms. The van der Waals surface area contributed by atoms with Crippen LogP contribution in [0.15, 0.2) is 48.0 Å². The van der Waals surface area contributed by atoms with E-state index < -0.39 is 17.7 Å². The first-order valence-electron chi connectivity index (χ1n) is 12.4. The Morgan fingerprint density at radius 2 is 1.78 bits per heavy atom. The third-order valence-electron chi connectivity index (χ3n) is 6.13. The molecular weight excluding hydrogens is 478 g/mol. The van der Waals surface area contributed by atoms with Crippen LogP contribution in [-0.2, 0) is 19.7 Å². The zero-order valence-electron chi connectivity index (χ0n) is 21.9. The number of nitrogens with zero attached hydrogens (tertiary/aromatic N) is 1. The fraction of sp³-hybridized carbons (Fsp3) is 0.448. The molecule has 7 heteroatoms. The van der Waals surface area contributed by atoms with E-state index in [-0.39, 0.29) is 33.4 Å². The Morgan fingerprint density at radius 1 is 1.11 bits per heavy atom. The summed E-state index contributed by atoms with van der Waals surface area (Å²) in [6.45, 7) is 13.3. The van der Waals surface area contributed by atoms with Crippen LogP contribution in [0, 0.1) is 0 Å². The largest absolute Gasteiger partial charge is 0.507 e. The number of rotatable bonds is 9. The number of hydrogen-bond donors (Lipinski definition) is 1. The van der Waals surface area contributed by atoms with Gasteiger partial charge in [0.1, 0.15) is 11.5 Å². The van der Waals surface area contributed by atoms with Gasteiger partial charge in [-0.25, -0.2) is 0 Å². The van der Waals surface area contributed by atoms with Crippen molar-refractivity contribution in [2.75, 3.05) is 19.8 Å². The van der Waals surface area contributed by atoms with Crippen molar-refractivity contribution < 1.29 is 24.2 Å². The molecule has 0 aliphatic carbocycles. The fourth-order valence-corrected chi connectivity index (χ4v) is 4.47. The van der Waals surface area contributed by atoms with Crippen LogP contribution >= 0.6 is 11.6 Å². The lowest BCUT2D eigenvalue weighted by Gasteiger charge is -2.26. The standard InChI is InChI=1S/C29H36ClNO5/c1-7-35-21-13-14-23(30)22(17-21)26(32)24-25(19-9-11-20(12-10-19)29(4,5)6)31(28(34)27(24)33)15-8-16-36-18(2)3/h9-14,17-18,25,32H,7-8,15-16H2,1-6H3/b26-24+. The first-order chi connectivity index (χ1) is 17.0. The molecular formula is C29H36ClNO5. The number of halogens is 1. The van der Waals surface area contributed by atoms with E-state index in [0.717, 1.165) is 11.1 Å². The summed E-state index contributed by atoms with van der Waals surface area (Å²) in [5.41, 5.74) is 2.08. The van der Waals surface area contributed by atoms with Crippen molar-refractivity contribution in [2.24, 2.45) is 0 Å². The van der Waals surface area contributed by atoms with Gasteiger partial charge in [-0.05, 0) is 61.9 Å². The summed E-state index contributed by atoms with van der Waals surface area (Å²) in [7, 11) is 0. The molecule has 1 N–H and O–H groups in total. The van der Waals surface area contributed by atoms with E-state index in [1.807, 2.05) is 45.0 Å². The zero-order valence-corrected chi connectivity index (χ0v) is 22.7. The van der Waals surface area contributed by atoms with Gasteiger partial charge in [0, 0.05) is 18.7 Å². The van der Waals surface area contributed by atoms with Crippen molar-refractivity contribution >= 4 is 29.1 Å². The van der Waals surface area contributed by atoms with Gasteiger partial charge in [-0.3, -0.25) is 9.59 Å². The van der Waals surface area contributed by atoms with Gasteiger partial charge in [-0.15, -0.1) is 0 Å². The Balaban J connectivity index is 2.10. The van der Waals surface area contributed by atoms with Crippen molar-refractivity contribution in [3.63, 3.8) is 0 Å². The predicted octanol–water partition coefficient (Wildman–Crippen LogP) is 6.27. The molecule has 1 heterocycles. The molecule has 6 nitrogen and oxygen atoms in total. The Bertz CT molecular complexity index is 1130. The number of likely N-dealkylation sites (tertiary alicyclic amines) is 1. The normalized spacial score (nSPS) is 17.8. The number of hydrogen-bond acceptors (Lipinski definition) is 5. The second-order valence-electron chi connectivity index (χ2n) is 10.2. The van der Waals surface area contributed by atoms with Crippen LogP contribution in [-0.4, -0.2) is 47.6 Å². The van der Waals surface area contributed by atoms with Crippen LogP contribution in [0.25, 0.3) is 5.76 Å². The number of aliphatic hydroxyl groups is 1. The number of ketones is 1. The minimum atomic E-state index is -0.745. The first kappa shape index (κ1) is 27.8. The summed E-state index contributed by atoms with van der Waals surface area (Å²) in [4.78, 5) is 28.0. The van der Waals surface area contributed by atoms with E-state index in [0.29, 0.717) is 31.9 Å². The van der Waals surface area contributed by atoms with Crippen molar-refractivity contribution in [3.05, 3.63) is 69.8 Å². The topological polar surface area (TPSA) is 76.1 Å². The van der Waals surface area contributed by atoms with Gasteiger partial charge in [0.05, 0.1) is 29.3 Å². The van der Waals surface area contributed by atoms with Crippen LogP contribution < -0.4 is 4.74 Å². The van der Waals surface area contributed by atoms with Gasteiger partial charge in [0.15, 0.2) is 0 Å². The Labute approximate surface area is 218 Å². The van der Waals surface area contributed by atoms with Gasteiger partial charge in [0.2, 0.25) is 0 Å². The molecule has 1 amide bonds. The van der Waals surface area contributed by atoms with Crippen LogP contribution in [0.1, 0.15) is 70.7 Å². The number of ether oxygens (including phenoxy) is 2. The van der Waals surface area contributed by atoms with Gasteiger partial charge < -0.3 is 19.5 Å². The van der Waals surface area contributed by atoms with Crippen molar-refractivity contribution in [1.82, 2.24) is 4.90 Å². The Hall–Kier alpha value is -2.83. The van der Waals surface area contributed by atoms with Gasteiger partial charge in [-0.2, -0.15) is 0 Å². The van der Waals surface area contributed by atoms with Crippen molar-refractivity contribution in [1.29, 1.82) is 0 Å². The van der Waals surface area contributed by atoms with E-state index >= 15 is 0 Å². The molecule has 1 unspecified atom stereocenters. The average Bonchev–Trinajstić information content (AvgIpc) is 3.07. The van der Waals surface area contributed by atoms with Crippen LogP contribution in [0.5, 0.6) is 5.75 Å². The van der Waals surface area contributed by atoms with Crippen molar-refractivity contribution in [3.8, 4) is 5.75 Å². The fourth-order valence-electron chi connectivity index (χ4n) is 4.26. The highest BCUT2D eigenvalue weighted by molar-refractivity contribution is 6.47. The highest BCUT2D eigenvalue weighted by Crippen LogP contribution is 2.41. The summed E-state index contributed by atoms with van der Waals surface area (Å²) >= 11 is 6.41. The van der Waals surface area contributed by atoms with Gasteiger partial charge in [0.25, 0.3) is 11.7 Å². The lowest BCUT2D eigenvalue weighted by Crippen LogP contribution is -2.31. The minimum Gasteiger partial charge on any atom is -0.507 e. The minimum absolute atomic E-state index is 0.0174. The number of carbonyl (C=O) groups is 2. The number of carbonyl (C=O) groups excluding carboxylic acids is 2. The molecule has 2 aromatic rings. The molecule has 0 radical (unpaired) electrons. The van der Waals surface area contributed by atoms with Gasteiger partial charge in [-0.1, -0.05) is 56.6 Å². The molecule has 0 aromatic heterocycles. The number of aliphatic hydroxyl groups excluding tert-OH is 1. The molecule has 2 aromatic carbocycles. The van der Waals surface area contributed by atoms with E-state index in [2.05, 4.69) is 20.8 Å². The highest BCUT2D eigenvalue weighted by Gasteiger charge is 2.46. The monoisotopic (exact) mass is 513 g/mol. The molecule has 3 rings (SSSR count). The maximum Gasteiger partial charge on any atom is 0.295 e. The molecule has 1 aliphatic rings. The quantitative estimate of drug-likeness (QED) is 0.185. The first-order valence-corrected chi connectivity index (χ1v) is 12.8. The van der Waals surface area contributed by atoms with E-state index in [1.165, 1.54) is 4.90 Å². The Kier molecular flexibility index (Phi) is 8.85. The third kappa shape index (κ3) is 6.11. The summed E-state index contributed by atoms with van der Waals surface area (Å²) < 4.78 is 11.2. The summed E-state index contributed by atoms with van der Waals surface area (Å²) in [5, 5.41) is 11.6. The molecule has 1 saturated heterocycles. The maximum atomic E-state index is 13.3. The number of benzene rings is 2. The molecule has 1 aliphatic heterocycles. The Morgan fingerprint density at radius 3 is 2.36 bits per heavy atom. The van der Waals surface area contributed by atoms with E-state index in [4.69, 9.17) is 21.1 Å². The van der Waals surface area contributed by atoms with Crippen LogP contribution in [0.2, 0.25) is 5.02 Å². The third-order valence-corrected chi connectivity index (χ3v) is 6.46. The molecule has 194 valence electrons. The SMILES string of the molecule is CCOc1ccc(Cl)c(/C(O)=C2\C(=O)C(=O)N(CCCOC(C)C)C2c2ccc(C(C)(C)C)cc2)c1. The van der Waals surface area contributed by atoms with Crippen LogP contribution in [0.3, 0.4) is 0 Å². The van der Waals surface area contributed by atoms with E-state index in [1.54, 1.807) is 18.2 Å². The maximum absolute atomic E-state index is 13.3. The highest BCUT2D eigenvalue weighted by atomic mass is 35.5. The summed E-state index contributed by atoms with van der Waals surface area (Å²) in [6.07, 6.45) is 0.628. The predicted molar refractivity (Wildman–Crippen MR) is 142 cm³/mol.